The second kappa shape index (κ2) is 3.46. The maximum Gasteiger partial charge on any atom is 0.143 e. The lowest BCUT2D eigenvalue weighted by Crippen LogP contribution is -2.25. The zero-order chi connectivity index (χ0) is 6.85. The van der Waals surface area contributed by atoms with Gasteiger partial charge in [0.1, 0.15) is 11.6 Å². The summed E-state index contributed by atoms with van der Waals surface area (Å²) in [5, 5.41) is 0. The van der Waals surface area contributed by atoms with Crippen LogP contribution in [0.25, 0.3) is 0 Å². The predicted molar refractivity (Wildman–Crippen MR) is 36.6 cm³/mol. The van der Waals surface area contributed by atoms with Gasteiger partial charge in [0.2, 0.25) is 0 Å². The van der Waals surface area contributed by atoms with Crippen molar-refractivity contribution in [3.8, 4) is 0 Å². The standard InChI is InChI=1S/C7H10O2.H2O/c1-5-6(8)3-2-4-7(5)9;/h5H,2-4H2,1H3;1H2. The van der Waals surface area contributed by atoms with Gasteiger partial charge in [0, 0.05) is 12.8 Å². The third-order valence-corrected chi connectivity index (χ3v) is 1.81. The van der Waals surface area contributed by atoms with E-state index in [4.69, 9.17) is 0 Å². The summed E-state index contributed by atoms with van der Waals surface area (Å²) in [5.41, 5.74) is 0. The second-order valence-electron chi connectivity index (χ2n) is 2.51. The van der Waals surface area contributed by atoms with E-state index >= 15 is 0 Å². The van der Waals surface area contributed by atoms with Crippen molar-refractivity contribution in [3.63, 3.8) is 0 Å². The van der Waals surface area contributed by atoms with E-state index in [1.54, 1.807) is 6.92 Å². The van der Waals surface area contributed by atoms with Gasteiger partial charge in [-0.2, -0.15) is 0 Å². The Balaban J connectivity index is 0.000000810. The highest BCUT2D eigenvalue weighted by molar-refractivity contribution is 6.03. The molecule has 3 nitrogen and oxygen atoms in total. The van der Waals surface area contributed by atoms with Gasteiger partial charge in [-0.1, -0.05) is 0 Å². The number of Topliss-reactive ketones (excluding diaryl/α,β-unsaturated/α-hetero) is 2. The van der Waals surface area contributed by atoms with Crippen LogP contribution in [0.15, 0.2) is 0 Å². The van der Waals surface area contributed by atoms with Crippen LogP contribution in [-0.2, 0) is 9.59 Å². The molecule has 0 saturated heterocycles. The van der Waals surface area contributed by atoms with Crippen molar-refractivity contribution in [3.05, 3.63) is 0 Å². The largest absolute Gasteiger partial charge is 0.412 e. The Morgan fingerprint density at radius 2 is 1.60 bits per heavy atom. The molecule has 0 heterocycles. The number of rotatable bonds is 0. The van der Waals surface area contributed by atoms with Gasteiger partial charge >= 0.3 is 0 Å². The van der Waals surface area contributed by atoms with Gasteiger partial charge in [0.05, 0.1) is 5.92 Å². The first-order valence-electron chi connectivity index (χ1n) is 3.27. The van der Waals surface area contributed by atoms with Gasteiger partial charge in [-0.25, -0.2) is 0 Å². The van der Waals surface area contributed by atoms with Gasteiger partial charge < -0.3 is 5.48 Å². The summed E-state index contributed by atoms with van der Waals surface area (Å²) in [5.74, 6) is -0.0729. The van der Waals surface area contributed by atoms with E-state index in [9.17, 15) is 9.59 Å². The lowest BCUT2D eigenvalue weighted by Gasteiger charge is -2.13. The molecule has 1 fully saturated rings. The Labute approximate surface area is 59.7 Å². The van der Waals surface area contributed by atoms with Crippen LogP contribution >= 0.6 is 0 Å². The van der Waals surface area contributed by atoms with Gasteiger partial charge in [0.25, 0.3) is 0 Å². The Hall–Kier alpha value is -0.700. The van der Waals surface area contributed by atoms with E-state index in [-0.39, 0.29) is 23.0 Å². The molecule has 0 radical (unpaired) electrons. The molecule has 10 heavy (non-hydrogen) atoms. The van der Waals surface area contributed by atoms with E-state index < -0.39 is 0 Å². The molecule has 0 spiro atoms. The molecule has 0 unspecified atom stereocenters. The minimum atomic E-state index is -0.307. The second-order valence-corrected chi connectivity index (χ2v) is 2.51. The molecule has 0 aliphatic heterocycles. The molecule has 3 heteroatoms. The van der Waals surface area contributed by atoms with Crippen molar-refractivity contribution in [1.82, 2.24) is 0 Å². The molecular weight excluding hydrogens is 132 g/mol. The van der Waals surface area contributed by atoms with Crippen LogP contribution in [-0.4, -0.2) is 17.0 Å². The Morgan fingerprint density at radius 3 is 1.90 bits per heavy atom. The molecule has 0 aromatic carbocycles. The minimum Gasteiger partial charge on any atom is -0.412 e. The van der Waals surface area contributed by atoms with Crippen LogP contribution in [0.1, 0.15) is 26.2 Å². The number of carbonyl (C=O) groups is 2. The highest BCUT2D eigenvalue weighted by Crippen LogP contribution is 2.15. The number of hydrogen-bond donors (Lipinski definition) is 0. The van der Waals surface area contributed by atoms with E-state index in [0.717, 1.165) is 6.42 Å². The van der Waals surface area contributed by atoms with Crippen molar-refractivity contribution < 1.29 is 15.1 Å². The van der Waals surface area contributed by atoms with E-state index in [1.165, 1.54) is 0 Å². The normalized spacial score (nSPS) is 20.5. The SMILES string of the molecule is CC1C(=O)CCCC1=O.O. The van der Waals surface area contributed by atoms with Crippen molar-refractivity contribution in [2.75, 3.05) is 0 Å². The minimum absolute atomic E-state index is 0. The predicted octanol–water partition coefficient (Wildman–Crippen LogP) is 0.120. The van der Waals surface area contributed by atoms with Crippen LogP contribution in [0.4, 0.5) is 0 Å². The molecule has 2 N–H and O–H groups in total. The zero-order valence-electron chi connectivity index (χ0n) is 6.02. The van der Waals surface area contributed by atoms with Gasteiger partial charge in [-0.3, -0.25) is 9.59 Å². The summed E-state index contributed by atoms with van der Waals surface area (Å²) in [4.78, 5) is 21.6. The Bertz CT molecular complexity index is 135. The maximum absolute atomic E-state index is 10.8. The van der Waals surface area contributed by atoms with E-state index in [1.807, 2.05) is 0 Å². The molecule has 0 bridgehead atoms. The van der Waals surface area contributed by atoms with Crippen LogP contribution in [0.3, 0.4) is 0 Å². The lowest BCUT2D eigenvalue weighted by atomic mass is 9.88. The summed E-state index contributed by atoms with van der Waals surface area (Å²) in [7, 11) is 0. The Kier molecular flexibility index (Phi) is 3.22. The summed E-state index contributed by atoms with van der Waals surface area (Å²) in [6.45, 7) is 1.70. The third kappa shape index (κ3) is 1.64. The first kappa shape index (κ1) is 9.30. The average Bonchev–Trinajstić information content (AvgIpc) is 1.83. The number of ketones is 2. The molecule has 1 rings (SSSR count). The van der Waals surface area contributed by atoms with Gasteiger partial charge in [-0.15, -0.1) is 0 Å². The summed E-state index contributed by atoms with van der Waals surface area (Å²) in [6.07, 6.45) is 1.97. The highest BCUT2D eigenvalue weighted by atomic mass is 16.2. The van der Waals surface area contributed by atoms with Crippen molar-refractivity contribution >= 4 is 11.6 Å². The quantitative estimate of drug-likeness (QED) is 0.453. The van der Waals surface area contributed by atoms with Crippen molar-refractivity contribution in [2.45, 2.75) is 26.2 Å². The zero-order valence-corrected chi connectivity index (χ0v) is 6.02. The first-order valence-corrected chi connectivity index (χ1v) is 3.27. The topological polar surface area (TPSA) is 65.6 Å². The van der Waals surface area contributed by atoms with Gasteiger partial charge in [-0.05, 0) is 13.3 Å². The van der Waals surface area contributed by atoms with E-state index in [2.05, 4.69) is 0 Å². The highest BCUT2D eigenvalue weighted by Gasteiger charge is 2.24. The summed E-state index contributed by atoms with van der Waals surface area (Å²) < 4.78 is 0. The average molecular weight is 144 g/mol. The molecule has 0 atom stereocenters. The fourth-order valence-corrected chi connectivity index (χ4v) is 1.05. The fraction of sp³-hybridized carbons (Fsp3) is 0.714. The lowest BCUT2D eigenvalue weighted by molar-refractivity contribution is -0.134. The van der Waals surface area contributed by atoms with E-state index in [0.29, 0.717) is 12.8 Å². The molecule has 1 saturated carbocycles. The van der Waals surface area contributed by atoms with Crippen LogP contribution in [0, 0.1) is 5.92 Å². The molecule has 1 aliphatic rings. The molecule has 58 valence electrons. The monoisotopic (exact) mass is 144 g/mol. The van der Waals surface area contributed by atoms with Crippen molar-refractivity contribution in [2.24, 2.45) is 5.92 Å². The molecule has 0 aromatic rings. The van der Waals surface area contributed by atoms with Crippen LogP contribution < -0.4 is 0 Å². The van der Waals surface area contributed by atoms with Gasteiger partial charge in [0.15, 0.2) is 0 Å². The number of carbonyl (C=O) groups excluding carboxylic acids is 2. The Morgan fingerprint density at radius 1 is 1.20 bits per heavy atom. The molecular formula is C7H12O3. The summed E-state index contributed by atoms with van der Waals surface area (Å²) >= 11 is 0. The molecule has 0 aromatic heterocycles. The van der Waals surface area contributed by atoms with Crippen molar-refractivity contribution in [1.29, 1.82) is 0 Å². The van der Waals surface area contributed by atoms with Crippen LogP contribution in [0.2, 0.25) is 0 Å². The van der Waals surface area contributed by atoms with Crippen LogP contribution in [0.5, 0.6) is 0 Å². The number of hydrogen-bond acceptors (Lipinski definition) is 2. The smallest absolute Gasteiger partial charge is 0.143 e. The molecule has 1 aliphatic carbocycles. The summed E-state index contributed by atoms with van der Waals surface area (Å²) in [6, 6.07) is 0. The molecule has 0 amide bonds. The fourth-order valence-electron chi connectivity index (χ4n) is 1.05. The third-order valence-electron chi connectivity index (χ3n) is 1.81. The maximum atomic E-state index is 10.8. The first-order chi connectivity index (χ1) is 4.22.